The number of benzene rings is 2. The average Bonchev–Trinajstić information content (AvgIpc) is 2.94. The Morgan fingerprint density at radius 3 is 2.36 bits per heavy atom. The predicted molar refractivity (Wildman–Crippen MR) is 88.0 cm³/mol. The molecule has 2 aromatic carbocycles. The molecule has 3 rings (SSSR count). The number of nitrogens with one attached hydrogen (secondary N) is 1. The summed E-state index contributed by atoms with van der Waals surface area (Å²) in [5.74, 6) is 1.04. The van der Waals surface area contributed by atoms with Crippen LogP contribution in [0.15, 0.2) is 46.9 Å². The molecular formula is C17H16ClN3O. The van der Waals surface area contributed by atoms with Crippen LogP contribution >= 0.6 is 11.6 Å². The van der Waals surface area contributed by atoms with Crippen LogP contribution in [0.1, 0.15) is 17.0 Å². The van der Waals surface area contributed by atoms with Gasteiger partial charge in [-0.2, -0.15) is 0 Å². The van der Waals surface area contributed by atoms with E-state index in [1.165, 1.54) is 11.1 Å². The maximum absolute atomic E-state index is 5.87. The highest BCUT2D eigenvalue weighted by atomic mass is 35.5. The third kappa shape index (κ3) is 3.46. The van der Waals surface area contributed by atoms with E-state index in [0.29, 0.717) is 23.3 Å². The van der Waals surface area contributed by atoms with Gasteiger partial charge >= 0.3 is 0 Å². The van der Waals surface area contributed by atoms with E-state index in [4.69, 9.17) is 16.0 Å². The lowest BCUT2D eigenvalue weighted by Gasteiger charge is -2.06. The Morgan fingerprint density at radius 1 is 1.00 bits per heavy atom. The first-order valence-electron chi connectivity index (χ1n) is 7.00. The van der Waals surface area contributed by atoms with E-state index in [-0.39, 0.29) is 0 Å². The molecule has 5 heteroatoms. The van der Waals surface area contributed by atoms with Gasteiger partial charge in [0, 0.05) is 16.3 Å². The highest BCUT2D eigenvalue weighted by Gasteiger charge is 2.08. The Bertz CT molecular complexity index is 761. The molecule has 0 bridgehead atoms. The van der Waals surface area contributed by atoms with E-state index in [0.717, 1.165) is 11.3 Å². The first-order valence-corrected chi connectivity index (χ1v) is 7.38. The van der Waals surface area contributed by atoms with Gasteiger partial charge in [-0.15, -0.1) is 10.2 Å². The number of rotatable bonds is 4. The van der Waals surface area contributed by atoms with Crippen LogP contribution in [0.2, 0.25) is 5.02 Å². The minimum absolute atomic E-state index is 0.490. The van der Waals surface area contributed by atoms with Crippen LogP contribution in [-0.2, 0) is 6.54 Å². The first-order chi connectivity index (χ1) is 10.6. The topological polar surface area (TPSA) is 51.0 Å². The molecule has 1 heterocycles. The van der Waals surface area contributed by atoms with E-state index in [1.807, 2.05) is 12.1 Å². The van der Waals surface area contributed by atoms with E-state index in [9.17, 15) is 0 Å². The third-order valence-electron chi connectivity index (χ3n) is 3.22. The summed E-state index contributed by atoms with van der Waals surface area (Å²) in [5, 5.41) is 12.1. The Labute approximate surface area is 134 Å². The van der Waals surface area contributed by atoms with Crippen molar-refractivity contribution in [3.8, 4) is 11.5 Å². The lowest BCUT2D eigenvalue weighted by atomic mass is 10.1. The molecule has 0 aliphatic carbocycles. The van der Waals surface area contributed by atoms with Crippen molar-refractivity contribution in [3.05, 3.63) is 64.5 Å². The fourth-order valence-electron chi connectivity index (χ4n) is 2.29. The molecule has 0 unspecified atom stereocenters. The van der Waals surface area contributed by atoms with E-state index < -0.39 is 0 Å². The molecule has 22 heavy (non-hydrogen) atoms. The highest BCUT2D eigenvalue weighted by Crippen LogP contribution is 2.21. The minimum Gasteiger partial charge on any atom is -0.419 e. The number of aromatic nitrogens is 2. The quantitative estimate of drug-likeness (QED) is 0.763. The van der Waals surface area contributed by atoms with Crippen LogP contribution in [0.25, 0.3) is 11.5 Å². The van der Waals surface area contributed by atoms with Gasteiger partial charge in [-0.05, 0) is 61.4 Å². The molecule has 0 fully saturated rings. The van der Waals surface area contributed by atoms with Crippen molar-refractivity contribution in [2.75, 3.05) is 5.32 Å². The lowest BCUT2D eigenvalue weighted by molar-refractivity contribution is 0.515. The van der Waals surface area contributed by atoms with Crippen molar-refractivity contribution in [1.29, 1.82) is 0 Å². The second kappa shape index (κ2) is 6.20. The molecular weight excluding hydrogens is 298 g/mol. The third-order valence-corrected chi connectivity index (χ3v) is 3.48. The minimum atomic E-state index is 0.490. The van der Waals surface area contributed by atoms with Crippen molar-refractivity contribution in [2.45, 2.75) is 20.4 Å². The smallest absolute Gasteiger partial charge is 0.247 e. The van der Waals surface area contributed by atoms with Crippen molar-refractivity contribution >= 4 is 17.3 Å². The van der Waals surface area contributed by atoms with Gasteiger partial charge < -0.3 is 9.73 Å². The Morgan fingerprint density at radius 2 is 1.68 bits per heavy atom. The molecule has 0 saturated carbocycles. The second-order valence-electron chi connectivity index (χ2n) is 5.24. The molecule has 0 amide bonds. The monoisotopic (exact) mass is 313 g/mol. The van der Waals surface area contributed by atoms with E-state index in [1.54, 1.807) is 12.1 Å². The zero-order valence-corrected chi connectivity index (χ0v) is 13.2. The number of nitrogens with zero attached hydrogens (tertiary/aromatic N) is 2. The van der Waals surface area contributed by atoms with Gasteiger partial charge in [0.25, 0.3) is 0 Å². The largest absolute Gasteiger partial charge is 0.419 e. The standard InChI is InChI=1S/C17H16ClN3O/c1-11-7-12(2)9-15(8-11)19-10-16-20-21-17(22-16)13-3-5-14(18)6-4-13/h3-9,19H,10H2,1-2H3. The summed E-state index contributed by atoms with van der Waals surface area (Å²) < 4.78 is 5.66. The van der Waals surface area contributed by atoms with Gasteiger partial charge in [-0.3, -0.25) is 0 Å². The van der Waals surface area contributed by atoms with Gasteiger partial charge in [0.2, 0.25) is 11.8 Å². The molecule has 0 saturated heterocycles. The summed E-state index contributed by atoms with van der Waals surface area (Å²) >= 11 is 5.87. The van der Waals surface area contributed by atoms with Crippen molar-refractivity contribution in [1.82, 2.24) is 10.2 Å². The Kier molecular flexibility index (Phi) is 4.11. The summed E-state index contributed by atoms with van der Waals surface area (Å²) in [6, 6.07) is 13.6. The second-order valence-corrected chi connectivity index (χ2v) is 5.67. The molecule has 0 radical (unpaired) electrons. The highest BCUT2D eigenvalue weighted by molar-refractivity contribution is 6.30. The normalized spacial score (nSPS) is 10.7. The van der Waals surface area contributed by atoms with Gasteiger partial charge in [0.1, 0.15) is 0 Å². The van der Waals surface area contributed by atoms with Crippen LogP contribution in [0, 0.1) is 13.8 Å². The summed E-state index contributed by atoms with van der Waals surface area (Å²) in [6.07, 6.45) is 0. The van der Waals surface area contributed by atoms with Gasteiger partial charge in [-0.25, -0.2) is 0 Å². The van der Waals surface area contributed by atoms with Crippen molar-refractivity contribution < 1.29 is 4.42 Å². The van der Waals surface area contributed by atoms with Crippen LogP contribution in [0.5, 0.6) is 0 Å². The number of hydrogen-bond acceptors (Lipinski definition) is 4. The molecule has 3 aromatic rings. The number of anilines is 1. The van der Waals surface area contributed by atoms with Crippen molar-refractivity contribution in [2.24, 2.45) is 0 Å². The fraction of sp³-hybridized carbons (Fsp3) is 0.176. The Balaban J connectivity index is 1.70. The molecule has 1 aromatic heterocycles. The lowest BCUT2D eigenvalue weighted by Crippen LogP contribution is -2.00. The fourth-order valence-corrected chi connectivity index (χ4v) is 2.41. The number of halogens is 1. The molecule has 1 N–H and O–H groups in total. The van der Waals surface area contributed by atoms with Crippen LogP contribution in [-0.4, -0.2) is 10.2 Å². The van der Waals surface area contributed by atoms with E-state index >= 15 is 0 Å². The molecule has 4 nitrogen and oxygen atoms in total. The molecule has 0 aliphatic rings. The van der Waals surface area contributed by atoms with Crippen LogP contribution < -0.4 is 5.32 Å². The summed E-state index contributed by atoms with van der Waals surface area (Å²) in [6.45, 7) is 4.64. The summed E-state index contributed by atoms with van der Waals surface area (Å²) in [7, 11) is 0. The van der Waals surface area contributed by atoms with Crippen LogP contribution in [0.4, 0.5) is 5.69 Å². The zero-order valence-electron chi connectivity index (χ0n) is 12.4. The maximum atomic E-state index is 5.87. The number of hydrogen-bond donors (Lipinski definition) is 1. The SMILES string of the molecule is Cc1cc(C)cc(NCc2nnc(-c3ccc(Cl)cc3)o2)c1. The Hall–Kier alpha value is -2.33. The molecule has 0 aliphatic heterocycles. The van der Waals surface area contributed by atoms with Crippen molar-refractivity contribution in [3.63, 3.8) is 0 Å². The zero-order chi connectivity index (χ0) is 15.5. The first kappa shape index (κ1) is 14.6. The molecule has 112 valence electrons. The van der Waals surface area contributed by atoms with Gasteiger partial charge in [-0.1, -0.05) is 17.7 Å². The van der Waals surface area contributed by atoms with E-state index in [2.05, 4.69) is 47.6 Å². The average molecular weight is 314 g/mol. The van der Waals surface area contributed by atoms with Crippen LogP contribution in [0.3, 0.4) is 0 Å². The summed E-state index contributed by atoms with van der Waals surface area (Å²) in [5.41, 5.74) is 4.34. The summed E-state index contributed by atoms with van der Waals surface area (Å²) in [4.78, 5) is 0. The molecule has 0 spiro atoms. The van der Waals surface area contributed by atoms with Gasteiger partial charge in [0.15, 0.2) is 0 Å². The maximum Gasteiger partial charge on any atom is 0.247 e. The van der Waals surface area contributed by atoms with Gasteiger partial charge in [0.05, 0.1) is 6.54 Å². The molecule has 0 atom stereocenters. The number of aryl methyl sites for hydroxylation is 2. The predicted octanol–water partition coefficient (Wildman–Crippen LogP) is 4.62.